The molecule has 6 nitrogen and oxygen atoms in total. The zero-order chi connectivity index (χ0) is 22.6. The number of nitrogens with zero attached hydrogens (tertiary/aromatic N) is 1. The van der Waals surface area contributed by atoms with E-state index in [1.54, 1.807) is 13.2 Å². The maximum atomic E-state index is 13.7. The molecule has 4 rings (SSSR count). The fourth-order valence-electron chi connectivity index (χ4n) is 4.10. The smallest absolute Gasteiger partial charge is 0.371 e. The minimum Gasteiger partial charge on any atom is -0.497 e. The summed E-state index contributed by atoms with van der Waals surface area (Å²) in [5, 5.41) is 9.16. The molecule has 1 fully saturated rings. The van der Waals surface area contributed by atoms with E-state index >= 15 is 0 Å². The molecule has 1 amide bonds. The maximum Gasteiger partial charge on any atom is 0.371 e. The summed E-state index contributed by atoms with van der Waals surface area (Å²) in [5.74, 6) is 0.0570. The molecular formula is C26H27NO5. The molecule has 0 saturated heterocycles. The van der Waals surface area contributed by atoms with Crippen molar-refractivity contribution in [2.75, 3.05) is 13.7 Å². The van der Waals surface area contributed by atoms with E-state index in [4.69, 9.17) is 14.3 Å². The average Bonchev–Trinajstić information content (AvgIpc) is 3.50. The first-order chi connectivity index (χ1) is 15.5. The molecule has 0 aliphatic heterocycles. The number of furan rings is 1. The van der Waals surface area contributed by atoms with Crippen LogP contribution in [-0.4, -0.2) is 35.5 Å². The van der Waals surface area contributed by atoms with Gasteiger partial charge in [-0.2, -0.15) is 0 Å². The third-order valence-electron chi connectivity index (χ3n) is 6.04. The summed E-state index contributed by atoms with van der Waals surface area (Å²) in [5.41, 5.74) is 1.69. The molecule has 1 heterocycles. The molecule has 3 aromatic rings. The van der Waals surface area contributed by atoms with Gasteiger partial charge in [-0.15, -0.1) is 0 Å². The number of carbonyl (C=O) groups is 2. The lowest BCUT2D eigenvalue weighted by molar-refractivity contribution is -0.135. The summed E-state index contributed by atoms with van der Waals surface area (Å²) < 4.78 is 10.7. The fourth-order valence-corrected chi connectivity index (χ4v) is 4.10. The number of aryl methyl sites for hydroxylation is 1. The van der Waals surface area contributed by atoms with Crippen LogP contribution in [0.3, 0.4) is 0 Å². The molecule has 1 aliphatic rings. The highest BCUT2D eigenvalue weighted by Crippen LogP contribution is 2.50. The quantitative estimate of drug-likeness (QED) is 0.502. The lowest BCUT2D eigenvalue weighted by Gasteiger charge is -2.27. The molecule has 1 aliphatic carbocycles. The zero-order valence-corrected chi connectivity index (χ0v) is 18.1. The number of rotatable bonds is 10. The summed E-state index contributed by atoms with van der Waals surface area (Å²) in [6.07, 6.45) is 3.26. The topological polar surface area (TPSA) is 80.0 Å². The van der Waals surface area contributed by atoms with Crippen molar-refractivity contribution >= 4 is 11.9 Å². The first-order valence-electron chi connectivity index (χ1n) is 10.8. The van der Waals surface area contributed by atoms with E-state index in [1.165, 1.54) is 11.6 Å². The third kappa shape index (κ3) is 4.69. The van der Waals surface area contributed by atoms with Crippen molar-refractivity contribution in [3.8, 4) is 5.75 Å². The van der Waals surface area contributed by atoms with E-state index in [2.05, 4.69) is 12.1 Å². The van der Waals surface area contributed by atoms with E-state index in [9.17, 15) is 9.59 Å². The van der Waals surface area contributed by atoms with E-state index in [-0.39, 0.29) is 18.2 Å². The highest BCUT2D eigenvalue weighted by atomic mass is 16.5. The zero-order valence-electron chi connectivity index (χ0n) is 18.1. The highest BCUT2D eigenvalue weighted by molar-refractivity contribution is 5.91. The van der Waals surface area contributed by atoms with Crippen LogP contribution < -0.4 is 4.74 Å². The lowest BCUT2D eigenvalue weighted by atomic mass is 9.94. The van der Waals surface area contributed by atoms with Gasteiger partial charge >= 0.3 is 5.97 Å². The lowest BCUT2D eigenvalue weighted by Crippen LogP contribution is -2.39. The second kappa shape index (κ2) is 9.30. The Labute approximate surface area is 187 Å². The normalized spacial score (nSPS) is 14.0. The van der Waals surface area contributed by atoms with Crippen LogP contribution in [0.5, 0.6) is 5.75 Å². The monoisotopic (exact) mass is 433 g/mol. The first kappa shape index (κ1) is 21.7. The number of carboxylic acids is 1. The molecule has 32 heavy (non-hydrogen) atoms. The number of ether oxygens (including phenoxy) is 1. The number of hydrogen-bond acceptors (Lipinski definition) is 4. The van der Waals surface area contributed by atoms with Crippen molar-refractivity contribution in [1.29, 1.82) is 0 Å². The summed E-state index contributed by atoms with van der Waals surface area (Å²) >= 11 is 0. The molecule has 0 radical (unpaired) electrons. The van der Waals surface area contributed by atoms with Crippen molar-refractivity contribution in [2.24, 2.45) is 0 Å². The van der Waals surface area contributed by atoms with Gasteiger partial charge in [-0.05, 0) is 61.1 Å². The van der Waals surface area contributed by atoms with Crippen LogP contribution in [0.15, 0.2) is 71.1 Å². The van der Waals surface area contributed by atoms with Crippen LogP contribution in [0.1, 0.15) is 46.7 Å². The molecule has 0 spiro atoms. The second-order valence-electron chi connectivity index (χ2n) is 8.20. The molecule has 1 saturated carbocycles. The number of aromatic carboxylic acids is 1. The van der Waals surface area contributed by atoms with Gasteiger partial charge in [-0.3, -0.25) is 4.79 Å². The third-order valence-corrected chi connectivity index (χ3v) is 6.04. The Morgan fingerprint density at radius 2 is 1.75 bits per heavy atom. The molecule has 0 unspecified atom stereocenters. The Morgan fingerprint density at radius 1 is 1.03 bits per heavy atom. The van der Waals surface area contributed by atoms with E-state index < -0.39 is 11.4 Å². The molecule has 166 valence electrons. The summed E-state index contributed by atoms with van der Waals surface area (Å²) in [6, 6.07) is 20.9. The first-order valence-corrected chi connectivity index (χ1v) is 10.8. The van der Waals surface area contributed by atoms with Gasteiger partial charge in [0.05, 0.1) is 19.1 Å². The van der Waals surface area contributed by atoms with Crippen LogP contribution in [0, 0.1) is 0 Å². The van der Waals surface area contributed by atoms with Gasteiger partial charge in [-0.25, -0.2) is 4.79 Å². The Kier molecular flexibility index (Phi) is 6.30. The highest BCUT2D eigenvalue weighted by Gasteiger charge is 2.53. The van der Waals surface area contributed by atoms with Gasteiger partial charge in [0, 0.05) is 6.54 Å². The Bertz CT molecular complexity index is 1070. The van der Waals surface area contributed by atoms with Crippen molar-refractivity contribution in [3.63, 3.8) is 0 Å². The molecule has 2 aromatic carbocycles. The molecule has 0 bridgehead atoms. The van der Waals surface area contributed by atoms with Crippen LogP contribution in [0.25, 0.3) is 0 Å². The minimum atomic E-state index is -1.12. The molecule has 1 aromatic heterocycles. The molecule has 6 heteroatoms. The SMILES string of the molecule is COc1ccc(C2(C(=O)N(CCCc3ccccc3)Cc3ccc(C(=O)O)o3)CC2)cc1. The van der Waals surface area contributed by atoms with Gasteiger partial charge in [0.1, 0.15) is 11.5 Å². The number of carbonyl (C=O) groups excluding carboxylic acids is 1. The van der Waals surface area contributed by atoms with Crippen LogP contribution in [-0.2, 0) is 23.2 Å². The predicted octanol–water partition coefficient (Wildman–Crippen LogP) is 4.68. The summed E-state index contributed by atoms with van der Waals surface area (Å²) in [6.45, 7) is 0.813. The van der Waals surface area contributed by atoms with Crippen molar-refractivity contribution < 1.29 is 23.8 Å². The number of benzene rings is 2. The van der Waals surface area contributed by atoms with Gasteiger partial charge < -0.3 is 19.2 Å². The van der Waals surface area contributed by atoms with Gasteiger partial charge in [0.15, 0.2) is 0 Å². The van der Waals surface area contributed by atoms with E-state index in [0.29, 0.717) is 12.3 Å². The average molecular weight is 434 g/mol. The molecular weight excluding hydrogens is 406 g/mol. The van der Waals surface area contributed by atoms with E-state index in [1.807, 2.05) is 47.4 Å². The number of carboxylic acid groups (broad SMARTS) is 1. The number of methoxy groups -OCH3 is 1. The fraction of sp³-hybridized carbons (Fsp3) is 0.308. The molecule has 1 N–H and O–H groups in total. The van der Waals surface area contributed by atoms with Crippen LogP contribution in [0.2, 0.25) is 0 Å². The van der Waals surface area contributed by atoms with Gasteiger partial charge in [0.2, 0.25) is 11.7 Å². The predicted molar refractivity (Wildman–Crippen MR) is 120 cm³/mol. The summed E-state index contributed by atoms with van der Waals surface area (Å²) in [7, 11) is 1.62. The minimum absolute atomic E-state index is 0.0593. The van der Waals surface area contributed by atoms with Crippen molar-refractivity contribution in [2.45, 2.75) is 37.6 Å². The van der Waals surface area contributed by atoms with Crippen molar-refractivity contribution in [3.05, 3.63) is 89.4 Å². The Hall–Kier alpha value is -3.54. The molecule has 0 atom stereocenters. The maximum absolute atomic E-state index is 13.7. The van der Waals surface area contributed by atoms with Crippen molar-refractivity contribution in [1.82, 2.24) is 4.90 Å². The van der Waals surface area contributed by atoms with Crippen LogP contribution in [0.4, 0.5) is 0 Å². The Balaban J connectivity index is 1.52. The summed E-state index contributed by atoms with van der Waals surface area (Å²) in [4.78, 5) is 26.7. The second-order valence-corrected chi connectivity index (χ2v) is 8.20. The largest absolute Gasteiger partial charge is 0.497 e. The Morgan fingerprint density at radius 3 is 2.34 bits per heavy atom. The standard InChI is InChI=1S/C26H27NO5/c1-31-21-11-9-20(10-12-21)26(15-16-26)25(30)27(17-5-8-19-6-3-2-4-7-19)18-22-13-14-23(32-22)24(28)29/h2-4,6-7,9-14H,5,8,15-18H2,1H3,(H,28,29). The van der Waals surface area contributed by atoms with E-state index in [0.717, 1.165) is 37.0 Å². The van der Waals surface area contributed by atoms with Gasteiger partial charge in [0.25, 0.3) is 0 Å². The number of amides is 1. The van der Waals surface area contributed by atoms with Crippen LogP contribution >= 0.6 is 0 Å². The van der Waals surface area contributed by atoms with Gasteiger partial charge in [-0.1, -0.05) is 42.5 Å². The number of hydrogen-bond donors (Lipinski definition) is 1.